The van der Waals surface area contributed by atoms with Gasteiger partial charge in [-0.3, -0.25) is 9.98 Å². The highest BCUT2D eigenvalue weighted by Gasteiger charge is 1.93. The Morgan fingerprint density at radius 2 is 2.47 bits per heavy atom. The molecule has 0 atom stereocenters. The van der Waals surface area contributed by atoms with Crippen LogP contribution in [0.25, 0.3) is 0 Å². The molecule has 17 heavy (non-hydrogen) atoms. The molecule has 94 valence electrons. The number of nitrogens with zero attached hydrogens (tertiary/aromatic N) is 2. The van der Waals surface area contributed by atoms with Crippen LogP contribution < -0.4 is 15.8 Å². The molecule has 0 aromatic carbocycles. The first-order chi connectivity index (χ1) is 8.33. The molecule has 0 saturated carbocycles. The van der Waals surface area contributed by atoms with E-state index < -0.39 is 0 Å². The Morgan fingerprint density at radius 1 is 1.59 bits per heavy atom. The maximum atomic E-state index is 5.66. The van der Waals surface area contributed by atoms with Crippen LogP contribution in [0.5, 0.6) is 5.75 Å². The highest BCUT2D eigenvalue weighted by molar-refractivity contribution is 5.77. The zero-order valence-corrected chi connectivity index (χ0v) is 10.2. The third-order valence-corrected chi connectivity index (χ3v) is 2.11. The standard InChI is InChI=1S/C12H20N4O/c1-2-3-7-15-12(13)16-8-9-17-11-5-4-6-14-10-11/h4-6,10H,2-3,7-9H2,1H3,(H3,13,15,16). The van der Waals surface area contributed by atoms with E-state index in [4.69, 9.17) is 10.5 Å². The molecule has 0 fully saturated rings. The number of guanidine groups is 1. The second-order valence-corrected chi connectivity index (χ2v) is 3.58. The molecule has 1 aromatic heterocycles. The lowest BCUT2D eigenvalue weighted by Gasteiger charge is -2.07. The Bertz CT molecular complexity index is 327. The zero-order chi connectivity index (χ0) is 12.3. The van der Waals surface area contributed by atoms with Crippen LogP contribution in [0.2, 0.25) is 0 Å². The van der Waals surface area contributed by atoms with Gasteiger partial charge in [-0.05, 0) is 18.6 Å². The van der Waals surface area contributed by atoms with Gasteiger partial charge in [0.05, 0.1) is 12.7 Å². The Labute approximate surface area is 102 Å². The van der Waals surface area contributed by atoms with Gasteiger partial charge in [0, 0.05) is 12.7 Å². The number of ether oxygens (including phenoxy) is 1. The summed E-state index contributed by atoms with van der Waals surface area (Å²) in [6.45, 7) is 4.08. The van der Waals surface area contributed by atoms with Crippen molar-refractivity contribution in [2.75, 3.05) is 19.7 Å². The van der Waals surface area contributed by atoms with Crippen LogP contribution in [0, 0.1) is 0 Å². The fourth-order valence-corrected chi connectivity index (χ4v) is 1.19. The SMILES string of the molecule is CCCCN=C(N)NCCOc1cccnc1. The van der Waals surface area contributed by atoms with Gasteiger partial charge in [0.25, 0.3) is 0 Å². The van der Waals surface area contributed by atoms with Crippen LogP contribution in [0.3, 0.4) is 0 Å². The molecule has 5 heteroatoms. The number of unbranched alkanes of at least 4 members (excludes halogenated alkanes) is 1. The Balaban J connectivity index is 2.09. The summed E-state index contributed by atoms with van der Waals surface area (Å²) in [7, 11) is 0. The average molecular weight is 236 g/mol. The first kappa shape index (κ1) is 13.3. The number of rotatable bonds is 7. The van der Waals surface area contributed by atoms with Gasteiger partial charge in [-0.15, -0.1) is 0 Å². The van der Waals surface area contributed by atoms with E-state index in [0.29, 0.717) is 19.1 Å². The molecular formula is C12H20N4O. The largest absolute Gasteiger partial charge is 0.490 e. The molecule has 0 aliphatic heterocycles. The maximum Gasteiger partial charge on any atom is 0.188 e. The average Bonchev–Trinajstić information content (AvgIpc) is 2.36. The van der Waals surface area contributed by atoms with Crippen molar-refractivity contribution in [1.29, 1.82) is 0 Å². The minimum Gasteiger partial charge on any atom is -0.490 e. The van der Waals surface area contributed by atoms with Crippen molar-refractivity contribution in [2.24, 2.45) is 10.7 Å². The molecule has 0 aliphatic rings. The van der Waals surface area contributed by atoms with E-state index in [1.807, 2.05) is 12.1 Å². The molecule has 0 radical (unpaired) electrons. The minimum atomic E-state index is 0.480. The monoisotopic (exact) mass is 236 g/mol. The topological polar surface area (TPSA) is 72.5 Å². The predicted molar refractivity (Wildman–Crippen MR) is 69.1 cm³/mol. The van der Waals surface area contributed by atoms with Crippen molar-refractivity contribution in [3.05, 3.63) is 24.5 Å². The molecule has 0 aliphatic carbocycles. The second kappa shape index (κ2) is 8.38. The summed E-state index contributed by atoms with van der Waals surface area (Å²) in [5, 5.41) is 2.99. The minimum absolute atomic E-state index is 0.480. The second-order valence-electron chi connectivity index (χ2n) is 3.58. The lowest BCUT2D eigenvalue weighted by molar-refractivity contribution is 0.321. The number of aromatic nitrogens is 1. The predicted octanol–water partition coefficient (Wildman–Crippen LogP) is 1.16. The first-order valence-corrected chi connectivity index (χ1v) is 5.89. The highest BCUT2D eigenvalue weighted by atomic mass is 16.5. The van der Waals surface area contributed by atoms with Gasteiger partial charge < -0.3 is 15.8 Å². The van der Waals surface area contributed by atoms with Crippen molar-refractivity contribution in [2.45, 2.75) is 19.8 Å². The number of aliphatic imine (C=N–C) groups is 1. The molecule has 0 bridgehead atoms. The van der Waals surface area contributed by atoms with Crippen molar-refractivity contribution >= 4 is 5.96 Å². The lowest BCUT2D eigenvalue weighted by Crippen LogP contribution is -2.34. The summed E-state index contributed by atoms with van der Waals surface area (Å²) in [5.41, 5.74) is 5.66. The van der Waals surface area contributed by atoms with Crippen molar-refractivity contribution < 1.29 is 4.74 Å². The van der Waals surface area contributed by atoms with Gasteiger partial charge in [-0.25, -0.2) is 0 Å². The third kappa shape index (κ3) is 6.40. The molecule has 0 saturated heterocycles. The number of hydrogen-bond acceptors (Lipinski definition) is 3. The van der Waals surface area contributed by atoms with Crippen molar-refractivity contribution in [1.82, 2.24) is 10.3 Å². The van der Waals surface area contributed by atoms with Gasteiger partial charge in [0.1, 0.15) is 12.4 Å². The normalized spacial score (nSPS) is 11.2. The summed E-state index contributed by atoms with van der Waals surface area (Å²) >= 11 is 0. The Hall–Kier alpha value is -1.78. The van der Waals surface area contributed by atoms with Crippen LogP contribution in [0.4, 0.5) is 0 Å². The smallest absolute Gasteiger partial charge is 0.188 e. The third-order valence-electron chi connectivity index (χ3n) is 2.11. The van der Waals surface area contributed by atoms with Crippen molar-refractivity contribution in [3.8, 4) is 5.75 Å². The lowest BCUT2D eigenvalue weighted by atomic mass is 10.3. The molecule has 0 unspecified atom stereocenters. The zero-order valence-electron chi connectivity index (χ0n) is 10.2. The fraction of sp³-hybridized carbons (Fsp3) is 0.500. The molecule has 1 rings (SSSR count). The highest BCUT2D eigenvalue weighted by Crippen LogP contribution is 2.04. The fourth-order valence-electron chi connectivity index (χ4n) is 1.19. The van der Waals surface area contributed by atoms with Gasteiger partial charge in [-0.1, -0.05) is 13.3 Å². The van der Waals surface area contributed by atoms with Gasteiger partial charge in [0.2, 0.25) is 0 Å². The maximum absolute atomic E-state index is 5.66. The van der Waals surface area contributed by atoms with E-state index in [1.165, 1.54) is 0 Å². The van der Waals surface area contributed by atoms with Crippen LogP contribution >= 0.6 is 0 Å². The van der Waals surface area contributed by atoms with Crippen LogP contribution in [0.1, 0.15) is 19.8 Å². The number of nitrogens with one attached hydrogen (secondary N) is 1. The molecular weight excluding hydrogens is 216 g/mol. The summed E-state index contributed by atoms with van der Waals surface area (Å²) in [5.74, 6) is 1.24. The Morgan fingerprint density at radius 3 is 3.18 bits per heavy atom. The number of nitrogens with two attached hydrogens (primary N) is 1. The van der Waals surface area contributed by atoms with Gasteiger partial charge in [0.15, 0.2) is 5.96 Å². The van der Waals surface area contributed by atoms with Crippen LogP contribution in [-0.2, 0) is 0 Å². The molecule has 5 nitrogen and oxygen atoms in total. The summed E-state index contributed by atoms with van der Waals surface area (Å²) < 4.78 is 5.45. The quantitative estimate of drug-likeness (QED) is 0.423. The summed E-state index contributed by atoms with van der Waals surface area (Å²) in [4.78, 5) is 8.13. The van der Waals surface area contributed by atoms with E-state index in [1.54, 1.807) is 12.4 Å². The van der Waals surface area contributed by atoms with Gasteiger partial charge in [-0.2, -0.15) is 0 Å². The van der Waals surface area contributed by atoms with Crippen LogP contribution in [0.15, 0.2) is 29.5 Å². The van der Waals surface area contributed by atoms with E-state index in [2.05, 4.69) is 22.2 Å². The molecule has 0 amide bonds. The van der Waals surface area contributed by atoms with Crippen LogP contribution in [-0.4, -0.2) is 30.6 Å². The van der Waals surface area contributed by atoms with E-state index in [-0.39, 0.29) is 0 Å². The summed E-state index contributed by atoms with van der Waals surface area (Å²) in [6.07, 6.45) is 5.58. The van der Waals surface area contributed by atoms with E-state index in [9.17, 15) is 0 Å². The first-order valence-electron chi connectivity index (χ1n) is 5.89. The Kier molecular flexibility index (Phi) is 6.55. The van der Waals surface area contributed by atoms with E-state index in [0.717, 1.165) is 25.1 Å². The molecule has 1 heterocycles. The molecule has 0 spiro atoms. The molecule has 1 aromatic rings. The van der Waals surface area contributed by atoms with Gasteiger partial charge >= 0.3 is 0 Å². The number of pyridine rings is 1. The number of hydrogen-bond donors (Lipinski definition) is 2. The molecule has 3 N–H and O–H groups in total. The van der Waals surface area contributed by atoms with E-state index >= 15 is 0 Å². The van der Waals surface area contributed by atoms with Crippen molar-refractivity contribution in [3.63, 3.8) is 0 Å². The summed E-state index contributed by atoms with van der Waals surface area (Å²) in [6, 6.07) is 3.70.